The Morgan fingerprint density at radius 2 is 1.69 bits per heavy atom. The first-order valence-corrected chi connectivity index (χ1v) is 11.3. The number of Topliss-reactive ketones (excluding diaryl/α,β-unsaturated/α-hetero) is 1. The molecule has 2 aromatic carbocycles. The third-order valence-corrected chi connectivity index (χ3v) is 6.35. The molecule has 0 aliphatic carbocycles. The molecule has 0 spiro atoms. The number of benzene rings is 2. The summed E-state index contributed by atoms with van der Waals surface area (Å²) in [4.78, 5) is 29.8. The van der Waals surface area contributed by atoms with Gasteiger partial charge in [-0.2, -0.15) is 0 Å². The number of carbonyl (C=O) groups excluding carboxylic acids is 2. The normalized spacial score (nSPS) is 21.3. The SMILES string of the molecule is O=C1C(=O)N(CCCN2CCOCC2)[C@H](c2ccc(Br)cc2)/C1=C(\O)c1ccc(F)cc1. The molecule has 4 rings (SSSR count). The van der Waals surface area contributed by atoms with Crippen LogP contribution < -0.4 is 0 Å². The van der Waals surface area contributed by atoms with Crippen molar-refractivity contribution in [2.24, 2.45) is 0 Å². The van der Waals surface area contributed by atoms with E-state index in [0.29, 0.717) is 31.7 Å². The second kappa shape index (κ2) is 9.94. The van der Waals surface area contributed by atoms with Crippen LogP contribution in [0.1, 0.15) is 23.6 Å². The molecular formula is C24H24BrFN2O4. The molecule has 2 heterocycles. The number of aliphatic hydroxyl groups excluding tert-OH is 1. The average Bonchev–Trinajstić information content (AvgIpc) is 3.05. The van der Waals surface area contributed by atoms with E-state index >= 15 is 0 Å². The largest absolute Gasteiger partial charge is 0.507 e. The van der Waals surface area contributed by atoms with Crippen LogP contribution >= 0.6 is 15.9 Å². The molecule has 1 atom stereocenters. The van der Waals surface area contributed by atoms with Gasteiger partial charge in [0, 0.05) is 36.2 Å². The van der Waals surface area contributed by atoms with E-state index in [2.05, 4.69) is 20.8 Å². The molecule has 2 aliphatic heterocycles. The minimum atomic E-state index is -0.730. The van der Waals surface area contributed by atoms with Crippen LogP contribution in [0.4, 0.5) is 4.39 Å². The molecule has 32 heavy (non-hydrogen) atoms. The number of rotatable bonds is 6. The molecule has 6 nitrogen and oxygen atoms in total. The Kier molecular flexibility index (Phi) is 7.03. The quantitative estimate of drug-likeness (QED) is 0.370. The van der Waals surface area contributed by atoms with E-state index in [1.807, 2.05) is 24.3 Å². The van der Waals surface area contributed by atoms with Gasteiger partial charge in [-0.05, 0) is 48.4 Å². The number of halogens is 2. The maximum absolute atomic E-state index is 13.4. The van der Waals surface area contributed by atoms with Crippen LogP contribution in [0.15, 0.2) is 58.6 Å². The Bertz CT molecular complexity index is 1020. The zero-order valence-corrected chi connectivity index (χ0v) is 19.1. The van der Waals surface area contributed by atoms with Gasteiger partial charge in [0.2, 0.25) is 0 Å². The van der Waals surface area contributed by atoms with Gasteiger partial charge < -0.3 is 14.7 Å². The van der Waals surface area contributed by atoms with Crippen LogP contribution in [0.2, 0.25) is 0 Å². The third-order valence-electron chi connectivity index (χ3n) is 5.82. The maximum Gasteiger partial charge on any atom is 0.295 e. The molecule has 1 N–H and O–H groups in total. The second-order valence-electron chi connectivity index (χ2n) is 7.86. The number of aliphatic hydroxyl groups is 1. The number of ether oxygens (including phenoxy) is 1. The number of morpholine rings is 1. The molecule has 8 heteroatoms. The van der Waals surface area contributed by atoms with Gasteiger partial charge in [-0.1, -0.05) is 28.1 Å². The molecular weight excluding hydrogens is 479 g/mol. The Hall–Kier alpha value is -2.55. The fourth-order valence-corrected chi connectivity index (χ4v) is 4.42. The van der Waals surface area contributed by atoms with Crippen molar-refractivity contribution < 1.29 is 23.8 Å². The highest BCUT2D eigenvalue weighted by molar-refractivity contribution is 9.10. The Balaban J connectivity index is 1.66. The van der Waals surface area contributed by atoms with Gasteiger partial charge in [-0.15, -0.1) is 0 Å². The molecule has 168 valence electrons. The molecule has 0 radical (unpaired) electrons. The lowest BCUT2D eigenvalue weighted by molar-refractivity contribution is -0.140. The van der Waals surface area contributed by atoms with E-state index in [9.17, 15) is 19.1 Å². The van der Waals surface area contributed by atoms with Crippen LogP contribution in [-0.2, 0) is 14.3 Å². The summed E-state index contributed by atoms with van der Waals surface area (Å²) in [5.41, 5.74) is 1.04. The number of carbonyl (C=O) groups is 2. The molecule has 2 aliphatic rings. The first-order valence-electron chi connectivity index (χ1n) is 10.6. The minimum absolute atomic E-state index is 0.0234. The van der Waals surface area contributed by atoms with Crippen LogP contribution in [0.25, 0.3) is 5.76 Å². The topological polar surface area (TPSA) is 70.1 Å². The molecule has 2 fully saturated rings. The lowest BCUT2D eigenvalue weighted by atomic mass is 9.95. The number of amides is 1. The van der Waals surface area contributed by atoms with Crippen LogP contribution in [0.5, 0.6) is 0 Å². The molecule has 0 unspecified atom stereocenters. The van der Waals surface area contributed by atoms with Crippen molar-refractivity contribution in [2.45, 2.75) is 12.5 Å². The summed E-state index contributed by atoms with van der Waals surface area (Å²) in [6.45, 7) is 4.25. The Morgan fingerprint density at radius 1 is 1.03 bits per heavy atom. The predicted molar refractivity (Wildman–Crippen MR) is 121 cm³/mol. The first kappa shape index (κ1) is 22.6. The van der Waals surface area contributed by atoms with E-state index in [4.69, 9.17) is 4.74 Å². The van der Waals surface area contributed by atoms with Crippen LogP contribution in [0.3, 0.4) is 0 Å². The van der Waals surface area contributed by atoms with E-state index in [1.165, 1.54) is 29.2 Å². The van der Waals surface area contributed by atoms with Crippen molar-refractivity contribution in [3.8, 4) is 0 Å². The van der Waals surface area contributed by atoms with Gasteiger partial charge in [0.05, 0.1) is 24.8 Å². The van der Waals surface area contributed by atoms with Crippen molar-refractivity contribution in [3.05, 3.63) is 75.5 Å². The van der Waals surface area contributed by atoms with Crippen molar-refractivity contribution in [3.63, 3.8) is 0 Å². The number of nitrogens with zero attached hydrogens (tertiary/aromatic N) is 2. The fourth-order valence-electron chi connectivity index (χ4n) is 4.15. The zero-order valence-electron chi connectivity index (χ0n) is 17.5. The Labute approximate surface area is 194 Å². The first-order chi connectivity index (χ1) is 15.5. The van der Waals surface area contributed by atoms with Gasteiger partial charge in [-0.3, -0.25) is 14.5 Å². The van der Waals surface area contributed by atoms with Crippen LogP contribution in [0, 0.1) is 5.82 Å². The van der Waals surface area contributed by atoms with E-state index in [-0.39, 0.29) is 11.3 Å². The summed E-state index contributed by atoms with van der Waals surface area (Å²) in [5, 5.41) is 11.0. The summed E-state index contributed by atoms with van der Waals surface area (Å²) in [6.07, 6.45) is 0.691. The average molecular weight is 503 g/mol. The monoisotopic (exact) mass is 502 g/mol. The summed E-state index contributed by atoms with van der Waals surface area (Å²) in [7, 11) is 0. The lowest BCUT2D eigenvalue weighted by Gasteiger charge is -2.29. The fraction of sp³-hybridized carbons (Fsp3) is 0.333. The summed E-state index contributed by atoms with van der Waals surface area (Å²) < 4.78 is 19.6. The highest BCUT2D eigenvalue weighted by atomic mass is 79.9. The minimum Gasteiger partial charge on any atom is -0.507 e. The number of hydrogen-bond acceptors (Lipinski definition) is 5. The van der Waals surface area contributed by atoms with E-state index < -0.39 is 23.5 Å². The van der Waals surface area contributed by atoms with Gasteiger partial charge in [0.1, 0.15) is 11.6 Å². The standard InChI is InChI=1S/C24H24BrFN2O4/c25-18-6-2-16(3-7-18)21-20(22(29)17-4-8-19(26)9-5-17)23(30)24(31)28(21)11-1-10-27-12-14-32-15-13-27/h2-9,21,29H,1,10-15H2/b22-20+/t21-/m1/s1. The van der Waals surface area contributed by atoms with Crippen LogP contribution in [-0.4, -0.2) is 66.0 Å². The molecule has 2 saturated heterocycles. The highest BCUT2D eigenvalue weighted by Crippen LogP contribution is 2.39. The van der Waals surface area contributed by atoms with E-state index in [0.717, 1.165) is 29.7 Å². The molecule has 0 bridgehead atoms. The number of likely N-dealkylation sites (tertiary alicyclic amines) is 1. The summed E-state index contributed by atoms with van der Waals surface area (Å²) >= 11 is 3.41. The van der Waals surface area contributed by atoms with Gasteiger partial charge in [0.15, 0.2) is 0 Å². The summed E-state index contributed by atoms with van der Waals surface area (Å²) in [6, 6.07) is 11.8. The highest BCUT2D eigenvalue weighted by Gasteiger charge is 2.45. The van der Waals surface area contributed by atoms with Crippen molar-refractivity contribution >= 4 is 33.4 Å². The molecule has 0 aromatic heterocycles. The molecule has 0 saturated carbocycles. The third kappa shape index (κ3) is 4.77. The van der Waals surface area contributed by atoms with Crippen molar-refractivity contribution in [1.29, 1.82) is 0 Å². The Morgan fingerprint density at radius 3 is 2.34 bits per heavy atom. The lowest BCUT2D eigenvalue weighted by Crippen LogP contribution is -2.38. The van der Waals surface area contributed by atoms with Crippen molar-refractivity contribution in [2.75, 3.05) is 39.4 Å². The van der Waals surface area contributed by atoms with Gasteiger partial charge in [0.25, 0.3) is 11.7 Å². The zero-order chi connectivity index (χ0) is 22.7. The summed E-state index contributed by atoms with van der Waals surface area (Å²) in [5.74, 6) is -2.11. The maximum atomic E-state index is 13.4. The van der Waals surface area contributed by atoms with Gasteiger partial charge in [-0.25, -0.2) is 4.39 Å². The van der Waals surface area contributed by atoms with Gasteiger partial charge >= 0.3 is 0 Å². The smallest absolute Gasteiger partial charge is 0.295 e. The van der Waals surface area contributed by atoms with E-state index in [1.54, 1.807) is 0 Å². The van der Waals surface area contributed by atoms with Crippen molar-refractivity contribution in [1.82, 2.24) is 9.80 Å². The number of hydrogen-bond donors (Lipinski definition) is 1. The molecule has 1 amide bonds. The molecule has 2 aromatic rings. The predicted octanol–water partition coefficient (Wildman–Crippen LogP) is 3.73. The number of ketones is 1. The second-order valence-corrected chi connectivity index (χ2v) is 8.77.